The van der Waals surface area contributed by atoms with Gasteiger partial charge in [-0.2, -0.15) is 4.31 Å². The second kappa shape index (κ2) is 5.26. The van der Waals surface area contributed by atoms with E-state index in [-0.39, 0.29) is 10.6 Å². The number of methoxy groups -OCH3 is 2. The Bertz CT molecular complexity index is 565. The van der Waals surface area contributed by atoms with Crippen molar-refractivity contribution in [1.82, 2.24) is 4.31 Å². The van der Waals surface area contributed by atoms with E-state index in [2.05, 4.69) is 0 Å². The lowest BCUT2D eigenvalue weighted by Gasteiger charge is -2.18. The lowest BCUT2D eigenvalue weighted by atomic mass is 10.3. The van der Waals surface area contributed by atoms with E-state index in [9.17, 15) is 8.42 Å². The molecule has 0 saturated carbocycles. The van der Waals surface area contributed by atoms with Crippen LogP contribution in [0.2, 0.25) is 0 Å². The van der Waals surface area contributed by atoms with Crippen LogP contribution in [0.1, 0.15) is 12.8 Å². The molecule has 1 aliphatic heterocycles. The van der Waals surface area contributed by atoms with E-state index in [4.69, 9.17) is 15.2 Å². The quantitative estimate of drug-likeness (QED) is 0.837. The van der Waals surface area contributed by atoms with Crippen LogP contribution in [0, 0.1) is 0 Å². The molecule has 7 heteroatoms. The second-order valence-corrected chi connectivity index (χ2v) is 6.30. The summed E-state index contributed by atoms with van der Waals surface area (Å²) in [6, 6.07) is 2.86. The molecule has 0 atom stereocenters. The van der Waals surface area contributed by atoms with Gasteiger partial charge in [0.2, 0.25) is 10.0 Å². The molecule has 0 aliphatic carbocycles. The first-order chi connectivity index (χ1) is 9.00. The molecule has 0 unspecified atom stereocenters. The molecule has 2 rings (SSSR count). The van der Waals surface area contributed by atoms with E-state index in [1.165, 1.54) is 30.7 Å². The van der Waals surface area contributed by atoms with Crippen molar-refractivity contribution in [2.45, 2.75) is 17.7 Å². The summed E-state index contributed by atoms with van der Waals surface area (Å²) in [6.45, 7) is 1.10. The normalized spacial score (nSPS) is 16.5. The molecule has 1 aromatic rings. The van der Waals surface area contributed by atoms with E-state index in [1.54, 1.807) is 0 Å². The van der Waals surface area contributed by atoms with Crippen molar-refractivity contribution in [1.29, 1.82) is 0 Å². The summed E-state index contributed by atoms with van der Waals surface area (Å²) in [5.74, 6) is 0.670. The summed E-state index contributed by atoms with van der Waals surface area (Å²) in [7, 11) is -0.592. The zero-order chi connectivity index (χ0) is 14.0. The van der Waals surface area contributed by atoms with Gasteiger partial charge < -0.3 is 15.2 Å². The standard InChI is InChI=1S/C12H18N2O4S/c1-17-11-8-9(7-10(13)12(11)18-2)19(15,16)14-5-3-4-6-14/h7-8H,3-6,13H2,1-2H3. The average Bonchev–Trinajstić information content (AvgIpc) is 2.92. The SMILES string of the molecule is COc1cc(S(=O)(=O)N2CCCC2)cc(N)c1OC. The highest BCUT2D eigenvalue weighted by Gasteiger charge is 2.28. The summed E-state index contributed by atoms with van der Waals surface area (Å²) in [6.07, 6.45) is 1.78. The molecule has 1 aromatic carbocycles. The number of nitrogens with zero attached hydrogens (tertiary/aromatic N) is 1. The lowest BCUT2D eigenvalue weighted by molar-refractivity contribution is 0.355. The fourth-order valence-electron chi connectivity index (χ4n) is 2.19. The molecule has 106 valence electrons. The zero-order valence-electron chi connectivity index (χ0n) is 11.0. The minimum absolute atomic E-state index is 0.143. The Kier molecular flexibility index (Phi) is 3.86. The highest BCUT2D eigenvalue weighted by Crippen LogP contribution is 2.37. The smallest absolute Gasteiger partial charge is 0.243 e. The van der Waals surface area contributed by atoms with E-state index >= 15 is 0 Å². The van der Waals surface area contributed by atoms with Gasteiger partial charge in [-0.1, -0.05) is 0 Å². The maximum absolute atomic E-state index is 12.4. The first kappa shape index (κ1) is 14.0. The van der Waals surface area contributed by atoms with Gasteiger partial charge in [0.25, 0.3) is 0 Å². The molecule has 0 bridgehead atoms. The van der Waals surface area contributed by atoms with Gasteiger partial charge in [-0.15, -0.1) is 0 Å². The van der Waals surface area contributed by atoms with Crippen molar-refractivity contribution in [2.24, 2.45) is 0 Å². The van der Waals surface area contributed by atoms with Crippen molar-refractivity contribution < 1.29 is 17.9 Å². The Balaban J connectivity index is 2.48. The van der Waals surface area contributed by atoms with Crippen molar-refractivity contribution in [3.8, 4) is 11.5 Å². The van der Waals surface area contributed by atoms with Gasteiger partial charge in [0.05, 0.1) is 24.8 Å². The van der Waals surface area contributed by atoms with Crippen molar-refractivity contribution >= 4 is 15.7 Å². The van der Waals surface area contributed by atoms with E-state index < -0.39 is 10.0 Å². The van der Waals surface area contributed by atoms with Crippen LogP contribution in [0.4, 0.5) is 5.69 Å². The van der Waals surface area contributed by atoms with Crippen LogP contribution in [-0.4, -0.2) is 40.0 Å². The molecular formula is C12H18N2O4S. The third-order valence-electron chi connectivity index (χ3n) is 3.18. The van der Waals surface area contributed by atoms with Gasteiger partial charge in [0, 0.05) is 19.2 Å². The Morgan fingerprint density at radius 1 is 1.16 bits per heavy atom. The maximum atomic E-state index is 12.4. The van der Waals surface area contributed by atoms with Gasteiger partial charge in [0.15, 0.2) is 11.5 Å². The monoisotopic (exact) mass is 286 g/mol. The minimum Gasteiger partial charge on any atom is -0.493 e. The number of nitrogen functional groups attached to an aromatic ring is 1. The summed E-state index contributed by atoms with van der Waals surface area (Å²) >= 11 is 0. The molecule has 0 aromatic heterocycles. The maximum Gasteiger partial charge on any atom is 0.243 e. The first-order valence-corrected chi connectivity index (χ1v) is 7.46. The number of benzene rings is 1. The fraction of sp³-hybridized carbons (Fsp3) is 0.500. The van der Waals surface area contributed by atoms with Crippen molar-refractivity contribution in [3.63, 3.8) is 0 Å². The van der Waals surface area contributed by atoms with Gasteiger partial charge in [-0.05, 0) is 18.9 Å². The fourth-order valence-corrected chi connectivity index (χ4v) is 3.76. The number of rotatable bonds is 4. The van der Waals surface area contributed by atoms with E-state index in [1.807, 2.05) is 0 Å². The third-order valence-corrected chi connectivity index (χ3v) is 5.06. The van der Waals surface area contributed by atoms with Crippen LogP contribution < -0.4 is 15.2 Å². The van der Waals surface area contributed by atoms with Crippen LogP contribution in [0.15, 0.2) is 17.0 Å². The largest absolute Gasteiger partial charge is 0.493 e. The average molecular weight is 286 g/mol. The number of hydrogen-bond donors (Lipinski definition) is 1. The molecule has 2 N–H and O–H groups in total. The molecule has 0 amide bonds. The highest BCUT2D eigenvalue weighted by molar-refractivity contribution is 7.89. The predicted molar refractivity (Wildman–Crippen MR) is 72.0 cm³/mol. The number of hydrogen-bond acceptors (Lipinski definition) is 5. The number of sulfonamides is 1. The van der Waals surface area contributed by atoms with Crippen molar-refractivity contribution in [2.75, 3.05) is 33.0 Å². The molecule has 1 aliphatic rings. The van der Waals surface area contributed by atoms with Crippen LogP contribution in [0.3, 0.4) is 0 Å². The first-order valence-electron chi connectivity index (χ1n) is 6.02. The summed E-state index contributed by atoms with van der Waals surface area (Å²) in [4.78, 5) is 0.143. The lowest BCUT2D eigenvalue weighted by Crippen LogP contribution is -2.28. The topological polar surface area (TPSA) is 81.9 Å². The third kappa shape index (κ3) is 2.48. The van der Waals surface area contributed by atoms with Gasteiger partial charge in [-0.25, -0.2) is 8.42 Å². The van der Waals surface area contributed by atoms with Crippen molar-refractivity contribution in [3.05, 3.63) is 12.1 Å². The van der Waals surface area contributed by atoms with Crippen LogP contribution in [0.5, 0.6) is 11.5 Å². The number of ether oxygens (including phenoxy) is 2. The molecule has 0 spiro atoms. The van der Waals surface area contributed by atoms with Crippen LogP contribution in [0.25, 0.3) is 0 Å². The molecule has 1 saturated heterocycles. The highest BCUT2D eigenvalue weighted by atomic mass is 32.2. The second-order valence-electron chi connectivity index (χ2n) is 4.36. The molecule has 1 fully saturated rings. The Morgan fingerprint density at radius 2 is 1.79 bits per heavy atom. The molecular weight excluding hydrogens is 268 g/mol. The predicted octanol–water partition coefficient (Wildman–Crippen LogP) is 1.07. The molecule has 19 heavy (non-hydrogen) atoms. The molecule has 0 radical (unpaired) electrons. The van der Waals surface area contributed by atoms with Crippen LogP contribution >= 0.6 is 0 Å². The molecule has 1 heterocycles. The zero-order valence-corrected chi connectivity index (χ0v) is 11.9. The number of anilines is 1. The van der Waals surface area contributed by atoms with E-state index in [0.29, 0.717) is 24.6 Å². The minimum atomic E-state index is -3.50. The molecule has 6 nitrogen and oxygen atoms in total. The van der Waals surface area contributed by atoms with Gasteiger partial charge >= 0.3 is 0 Å². The summed E-state index contributed by atoms with van der Waals surface area (Å²) in [5.41, 5.74) is 6.07. The van der Waals surface area contributed by atoms with Gasteiger partial charge in [0.1, 0.15) is 0 Å². The van der Waals surface area contributed by atoms with E-state index in [0.717, 1.165) is 12.8 Å². The summed E-state index contributed by atoms with van der Waals surface area (Å²) in [5, 5.41) is 0. The van der Waals surface area contributed by atoms with Crippen LogP contribution in [-0.2, 0) is 10.0 Å². The Morgan fingerprint density at radius 3 is 2.32 bits per heavy atom. The number of nitrogens with two attached hydrogens (primary N) is 1. The Hall–Kier alpha value is -1.47. The Labute approximate surface area is 113 Å². The van der Waals surface area contributed by atoms with Gasteiger partial charge in [-0.3, -0.25) is 0 Å². The summed E-state index contributed by atoms with van der Waals surface area (Å²) < 4.78 is 36.6.